The summed E-state index contributed by atoms with van der Waals surface area (Å²) < 4.78 is 0. The molecule has 16 heavy (non-hydrogen) atoms. The first kappa shape index (κ1) is 11.1. The first-order chi connectivity index (χ1) is 7.76. The fourth-order valence-electron chi connectivity index (χ4n) is 2.39. The highest BCUT2D eigenvalue weighted by molar-refractivity contribution is 5.37. The van der Waals surface area contributed by atoms with Gasteiger partial charge in [-0.3, -0.25) is 4.98 Å². The SMILES string of the molecule is C=CC(C)C1CCc2nccc(ON)c2C1. The summed E-state index contributed by atoms with van der Waals surface area (Å²) in [7, 11) is 0. The van der Waals surface area contributed by atoms with Crippen molar-refractivity contribution in [2.24, 2.45) is 17.7 Å². The van der Waals surface area contributed by atoms with Crippen LogP contribution >= 0.6 is 0 Å². The van der Waals surface area contributed by atoms with E-state index in [-0.39, 0.29) is 0 Å². The molecule has 0 spiro atoms. The van der Waals surface area contributed by atoms with Crippen molar-refractivity contribution in [3.63, 3.8) is 0 Å². The average molecular weight is 218 g/mol. The number of hydrogen-bond acceptors (Lipinski definition) is 3. The summed E-state index contributed by atoms with van der Waals surface area (Å²) in [4.78, 5) is 9.29. The van der Waals surface area contributed by atoms with Gasteiger partial charge in [-0.05, 0) is 31.1 Å². The zero-order valence-corrected chi connectivity index (χ0v) is 9.65. The van der Waals surface area contributed by atoms with Crippen LogP contribution in [-0.4, -0.2) is 4.98 Å². The second-order valence-electron chi connectivity index (χ2n) is 4.45. The maximum absolute atomic E-state index is 5.28. The molecule has 0 saturated heterocycles. The second-order valence-corrected chi connectivity index (χ2v) is 4.45. The number of fused-ring (bicyclic) bond motifs is 1. The number of hydrogen-bond donors (Lipinski definition) is 1. The average Bonchev–Trinajstić information content (AvgIpc) is 2.36. The van der Waals surface area contributed by atoms with Gasteiger partial charge >= 0.3 is 0 Å². The van der Waals surface area contributed by atoms with E-state index in [0.717, 1.165) is 24.3 Å². The van der Waals surface area contributed by atoms with Crippen LogP contribution in [-0.2, 0) is 12.8 Å². The van der Waals surface area contributed by atoms with Crippen molar-refractivity contribution < 1.29 is 4.84 Å². The lowest BCUT2D eigenvalue weighted by Crippen LogP contribution is -2.21. The molecule has 0 aromatic carbocycles. The Bertz CT molecular complexity index is 375. The summed E-state index contributed by atoms with van der Waals surface area (Å²) in [6.45, 7) is 6.07. The van der Waals surface area contributed by atoms with Gasteiger partial charge in [-0.15, -0.1) is 6.58 Å². The highest BCUT2D eigenvalue weighted by Crippen LogP contribution is 2.34. The van der Waals surface area contributed by atoms with Gasteiger partial charge in [-0.25, -0.2) is 0 Å². The van der Waals surface area contributed by atoms with Gasteiger partial charge in [0.2, 0.25) is 0 Å². The van der Waals surface area contributed by atoms with Crippen molar-refractivity contribution >= 4 is 0 Å². The summed E-state index contributed by atoms with van der Waals surface area (Å²) in [5, 5.41) is 0. The number of rotatable bonds is 3. The highest BCUT2D eigenvalue weighted by atomic mass is 16.6. The molecule has 0 aliphatic heterocycles. The molecule has 2 atom stereocenters. The third-order valence-corrected chi connectivity index (χ3v) is 3.56. The number of nitrogens with two attached hydrogens (primary N) is 1. The minimum absolute atomic E-state index is 0.527. The van der Waals surface area contributed by atoms with Crippen molar-refractivity contribution in [2.75, 3.05) is 0 Å². The largest absolute Gasteiger partial charge is 0.411 e. The zero-order valence-electron chi connectivity index (χ0n) is 9.65. The Labute approximate surface area is 96.3 Å². The standard InChI is InChI=1S/C13H18N2O/c1-3-9(2)10-4-5-12-11(8-10)13(16-14)6-7-15-12/h3,6-7,9-10H,1,4-5,8,14H2,2H3. The van der Waals surface area contributed by atoms with Gasteiger partial charge in [-0.2, -0.15) is 5.90 Å². The number of aromatic nitrogens is 1. The molecule has 2 N–H and O–H groups in total. The van der Waals surface area contributed by atoms with E-state index in [2.05, 4.69) is 18.5 Å². The topological polar surface area (TPSA) is 48.1 Å². The molecule has 2 unspecified atom stereocenters. The van der Waals surface area contributed by atoms with E-state index in [4.69, 9.17) is 10.7 Å². The van der Waals surface area contributed by atoms with E-state index in [0.29, 0.717) is 11.8 Å². The molecule has 2 rings (SSSR count). The van der Waals surface area contributed by atoms with Gasteiger partial charge in [0.1, 0.15) is 0 Å². The molecule has 3 nitrogen and oxygen atoms in total. The molecule has 3 heteroatoms. The minimum atomic E-state index is 0.527. The van der Waals surface area contributed by atoms with E-state index in [1.165, 1.54) is 12.0 Å². The molecule has 0 amide bonds. The highest BCUT2D eigenvalue weighted by Gasteiger charge is 2.25. The molecule has 1 aliphatic rings. The third-order valence-electron chi connectivity index (χ3n) is 3.56. The van der Waals surface area contributed by atoms with E-state index >= 15 is 0 Å². The normalized spacial score (nSPS) is 21.0. The summed E-state index contributed by atoms with van der Waals surface area (Å²) >= 11 is 0. The monoisotopic (exact) mass is 218 g/mol. The zero-order chi connectivity index (χ0) is 11.5. The lowest BCUT2D eigenvalue weighted by Gasteiger charge is -2.27. The van der Waals surface area contributed by atoms with Crippen molar-refractivity contribution in [1.29, 1.82) is 0 Å². The van der Waals surface area contributed by atoms with Crippen LogP contribution < -0.4 is 10.7 Å². The molecule has 1 aromatic heterocycles. The molecule has 1 aliphatic carbocycles. The van der Waals surface area contributed by atoms with Crippen LogP contribution in [0.15, 0.2) is 24.9 Å². The first-order valence-electron chi connectivity index (χ1n) is 5.72. The van der Waals surface area contributed by atoms with Crippen LogP contribution in [0.1, 0.15) is 24.6 Å². The molecule has 0 fully saturated rings. The van der Waals surface area contributed by atoms with Gasteiger partial charge in [0.05, 0.1) is 0 Å². The quantitative estimate of drug-likeness (QED) is 0.625. The van der Waals surface area contributed by atoms with Gasteiger partial charge < -0.3 is 4.84 Å². The second kappa shape index (κ2) is 4.66. The number of nitrogens with zero attached hydrogens (tertiary/aromatic N) is 1. The predicted molar refractivity (Wildman–Crippen MR) is 63.9 cm³/mol. The van der Waals surface area contributed by atoms with E-state index in [1.54, 1.807) is 6.20 Å². The summed E-state index contributed by atoms with van der Waals surface area (Å²) in [5.74, 6) is 7.20. The van der Waals surface area contributed by atoms with Crippen LogP contribution in [0.25, 0.3) is 0 Å². The van der Waals surface area contributed by atoms with Crippen LogP contribution in [0.4, 0.5) is 0 Å². The smallest absolute Gasteiger partial charge is 0.153 e. The molecule has 1 aromatic rings. The predicted octanol–water partition coefficient (Wildman–Crippen LogP) is 2.26. The fraction of sp³-hybridized carbons (Fsp3) is 0.462. The molecule has 0 radical (unpaired) electrons. The minimum Gasteiger partial charge on any atom is -0.411 e. The Morgan fingerprint density at radius 1 is 1.69 bits per heavy atom. The van der Waals surface area contributed by atoms with E-state index in [1.807, 2.05) is 12.1 Å². The van der Waals surface area contributed by atoms with Crippen LogP contribution in [0.5, 0.6) is 5.75 Å². The number of pyridine rings is 1. The molecule has 0 bridgehead atoms. The van der Waals surface area contributed by atoms with Gasteiger partial charge in [0, 0.05) is 23.5 Å². The summed E-state index contributed by atoms with van der Waals surface area (Å²) in [6.07, 6.45) is 6.95. The molecule has 86 valence electrons. The van der Waals surface area contributed by atoms with E-state index in [9.17, 15) is 0 Å². The Morgan fingerprint density at radius 3 is 3.19 bits per heavy atom. The Hall–Kier alpha value is -1.35. The van der Waals surface area contributed by atoms with Crippen LogP contribution in [0, 0.1) is 11.8 Å². The number of aryl methyl sites for hydroxylation is 1. The van der Waals surface area contributed by atoms with Crippen molar-refractivity contribution in [1.82, 2.24) is 4.98 Å². The van der Waals surface area contributed by atoms with Crippen molar-refractivity contribution in [3.05, 3.63) is 36.2 Å². The maximum Gasteiger partial charge on any atom is 0.153 e. The lowest BCUT2D eigenvalue weighted by atomic mass is 9.79. The Morgan fingerprint density at radius 2 is 2.50 bits per heavy atom. The third kappa shape index (κ3) is 1.95. The molecular weight excluding hydrogens is 200 g/mol. The molecule has 0 saturated carbocycles. The summed E-state index contributed by atoms with van der Waals surface area (Å²) in [6, 6.07) is 1.83. The fourth-order valence-corrected chi connectivity index (χ4v) is 2.39. The Balaban J connectivity index is 2.27. The molecular formula is C13H18N2O. The van der Waals surface area contributed by atoms with Crippen LogP contribution in [0.3, 0.4) is 0 Å². The van der Waals surface area contributed by atoms with Gasteiger partial charge in [0.15, 0.2) is 5.75 Å². The van der Waals surface area contributed by atoms with Crippen molar-refractivity contribution in [2.45, 2.75) is 26.2 Å². The first-order valence-corrected chi connectivity index (χ1v) is 5.72. The summed E-state index contributed by atoms with van der Waals surface area (Å²) in [5.41, 5.74) is 2.31. The van der Waals surface area contributed by atoms with Crippen LogP contribution in [0.2, 0.25) is 0 Å². The number of allylic oxidation sites excluding steroid dienone is 1. The van der Waals surface area contributed by atoms with Gasteiger partial charge in [0.25, 0.3) is 0 Å². The molecule has 1 heterocycles. The van der Waals surface area contributed by atoms with Gasteiger partial charge in [-0.1, -0.05) is 13.0 Å². The Kier molecular flexibility index (Phi) is 3.25. The maximum atomic E-state index is 5.28. The van der Waals surface area contributed by atoms with Crippen molar-refractivity contribution in [3.8, 4) is 5.75 Å². The lowest BCUT2D eigenvalue weighted by molar-refractivity contribution is 0.313. The van der Waals surface area contributed by atoms with E-state index < -0.39 is 0 Å².